The van der Waals surface area contributed by atoms with E-state index in [0.717, 1.165) is 20.5 Å². The van der Waals surface area contributed by atoms with E-state index in [9.17, 15) is 18.8 Å². The van der Waals surface area contributed by atoms with E-state index in [1.807, 2.05) is 12.1 Å². The normalized spacial score (nSPS) is 14.1. The predicted molar refractivity (Wildman–Crippen MR) is 192 cm³/mol. The van der Waals surface area contributed by atoms with Gasteiger partial charge in [0.15, 0.2) is 34.4 Å². The van der Waals surface area contributed by atoms with Crippen LogP contribution in [0.3, 0.4) is 0 Å². The lowest BCUT2D eigenvalue weighted by Gasteiger charge is -2.25. The number of hydrogen-bond donors (Lipinski definition) is 0. The third-order valence-electron chi connectivity index (χ3n) is 7.52. The molecule has 0 bridgehead atoms. The second-order valence-electron chi connectivity index (χ2n) is 10.7. The molecular formula is C36H34FIN2O9S. The molecule has 0 saturated carbocycles. The third-order valence-corrected chi connectivity index (χ3v) is 9.13. The van der Waals surface area contributed by atoms with Gasteiger partial charge in [0.2, 0.25) is 0 Å². The SMILES string of the molecule is CCOC(=O)C1=C(C)N=c2s/c(=C/c3cc(I)cc(OC)c3OCc3ccc(F)cc3)c(=O)n2[C@H]1c1ccc(OCC(=O)OC)c(OCC)c1. The van der Waals surface area contributed by atoms with Crippen LogP contribution in [-0.4, -0.2) is 50.5 Å². The molecule has 50 heavy (non-hydrogen) atoms. The highest BCUT2D eigenvalue weighted by molar-refractivity contribution is 14.1. The molecule has 262 valence electrons. The number of ether oxygens (including phenoxy) is 6. The highest BCUT2D eigenvalue weighted by atomic mass is 127. The number of hydrogen-bond acceptors (Lipinski definition) is 11. The lowest BCUT2D eigenvalue weighted by atomic mass is 9.95. The fraction of sp³-hybridized carbons (Fsp3) is 0.278. The van der Waals surface area contributed by atoms with E-state index in [0.29, 0.717) is 43.4 Å². The Kier molecular flexibility index (Phi) is 12.0. The molecule has 0 aliphatic carbocycles. The number of benzene rings is 3. The van der Waals surface area contributed by atoms with E-state index in [4.69, 9.17) is 23.7 Å². The van der Waals surface area contributed by atoms with Gasteiger partial charge in [0.1, 0.15) is 12.4 Å². The largest absolute Gasteiger partial charge is 0.493 e. The van der Waals surface area contributed by atoms with Crippen LogP contribution in [0.25, 0.3) is 6.08 Å². The van der Waals surface area contributed by atoms with E-state index in [1.54, 1.807) is 57.2 Å². The van der Waals surface area contributed by atoms with Crippen molar-refractivity contribution < 1.29 is 42.4 Å². The first kappa shape index (κ1) is 36.6. The Morgan fingerprint density at radius 3 is 2.42 bits per heavy atom. The molecule has 3 aromatic carbocycles. The number of aromatic nitrogens is 1. The molecule has 0 radical (unpaired) electrons. The Labute approximate surface area is 304 Å². The standard InChI is InChI=1S/C36H34FIN2O9S/c1-6-46-27-15-22(10-13-26(27)48-19-30(41)45-5)32-31(35(43)47-7-2)20(3)39-36-40(32)34(42)29(50-36)16-23-14-25(38)17-28(44-4)33(23)49-18-21-8-11-24(37)12-9-21/h8-17,32H,6-7,18-19H2,1-5H3/b29-16+/t32-/m0/s1. The molecule has 0 amide bonds. The molecule has 14 heteroatoms. The molecule has 1 atom stereocenters. The molecule has 0 saturated heterocycles. The van der Waals surface area contributed by atoms with Gasteiger partial charge in [-0.05, 0) is 97.0 Å². The topological polar surface area (TPSA) is 124 Å². The van der Waals surface area contributed by atoms with Gasteiger partial charge in [0.25, 0.3) is 5.56 Å². The van der Waals surface area contributed by atoms with Gasteiger partial charge in [0.05, 0.1) is 49.3 Å². The van der Waals surface area contributed by atoms with Crippen LogP contribution >= 0.6 is 33.9 Å². The van der Waals surface area contributed by atoms with Crippen molar-refractivity contribution in [1.29, 1.82) is 0 Å². The number of esters is 2. The fourth-order valence-electron chi connectivity index (χ4n) is 5.26. The summed E-state index contributed by atoms with van der Waals surface area (Å²) in [7, 11) is 2.78. The predicted octanol–water partition coefficient (Wildman–Crippen LogP) is 5.08. The van der Waals surface area contributed by atoms with Gasteiger partial charge in [-0.3, -0.25) is 9.36 Å². The van der Waals surface area contributed by atoms with E-state index in [1.165, 1.54) is 30.9 Å². The number of carbonyl (C=O) groups excluding carboxylic acids is 2. The summed E-state index contributed by atoms with van der Waals surface area (Å²) in [6.07, 6.45) is 1.70. The molecule has 0 unspecified atom stereocenters. The number of allylic oxidation sites excluding steroid dienone is 1. The van der Waals surface area contributed by atoms with Crippen LogP contribution in [0.4, 0.5) is 4.39 Å². The van der Waals surface area contributed by atoms with Crippen LogP contribution < -0.4 is 33.8 Å². The van der Waals surface area contributed by atoms with Crippen LogP contribution in [-0.2, 0) is 25.7 Å². The number of carbonyl (C=O) groups is 2. The lowest BCUT2D eigenvalue weighted by molar-refractivity contribution is -0.143. The summed E-state index contributed by atoms with van der Waals surface area (Å²) >= 11 is 3.31. The number of halogens is 2. The second-order valence-corrected chi connectivity index (χ2v) is 13.0. The molecule has 11 nitrogen and oxygen atoms in total. The van der Waals surface area contributed by atoms with E-state index in [2.05, 4.69) is 32.3 Å². The number of nitrogens with zero attached hydrogens (tertiary/aromatic N) is 2. The minimum Gasteiger partial charge on any atom is -0.493 e. The maximum Gasteiger partial charge on any atom is 0.343 e. The zero-order valence-electron chi connectivity index (χ0n) is 27.9. The zero-order valence-corrected chi connectivity index (χ0v) is 30.9. The smallest absolute Gasteiger partial charge is 0.343 e. The van der Waals surface area contributed by atoms with Crippen molar-refractivity contribution >= 4 is 51.9 Å². The lowest BCUT2D eigenvalue weighted by Crippen LogP contribution is -2.40. The van der Waals surface area contributed by atoms with Crippen molar-refractivity contribution in [1.82, 2.24) is 4.57 Å². The average Bonchev–Trinajstić information content (AvgIpc) is 3.40. The van der Waals surface area contributed by atoms with Crippen LogP contribution in [0.5, 0.6) is 23.0 Å². The number of rotatable bonds is 13. The summed E-state index contributed by atoms with van der Waals surface area (Å²) < 4.78 is 49.6. The highest BCUT2D eigenvalue weighted by Crippen LogP contribution is 2.37. The maximum absolute atomic E-state index is 14.4. The van der Waals surface area contributed by atoms with Crippen molar-refractivity contribution in [3.8, 4) is 23.0 Å². The molecular weight excluding hydrogens is 782 g/mol. The number of fused-ring (bicyclic) bond motifs is 1. The molecule has 1 aliphatic heterocycles. The summed E-state index contributed by atoms with van der Waals surface area (Å²) in [4.78, 5) is 44.6. The molecule has 1 aromatic heterocycles. The minimum absolute atomic E-state index is 0.117. The van der Waals surface area contributed by atoms with E-state index in [-0.39, 0.29) is 43.6 Å². The van der Waals surface area contributed by atoms with Gasteiger partial charge in [-0.15, -0.1) is 0 Å². The minimum atomic E-state index is -0.930. The Bertz CT molecular complexity index is 2130. The van der Waals surface area contributed by atoms with Gasteiger partial charge >= 0.3 is 11.9 Å². The summed E-state index contributed by atoms with van der Waals surface area (Å²) in [5.41, 5.74) is 2.03. The maximum atomic E-state index is 14.4. The van der Waals surface area contributed by atoms with Crippen molar-refractivity contribution in [2.24, 2.45) is 4.99 Å². The van der Waals surface area contributed by atoms with Crippen LogP contribution in [0.1, 0.15) is 43.5 Å². The molecule has 0 N–H and O–H groups in total. The van der Waals surface area contributed by atoms with Gasteiger partial charge in [-0.25, -0.2) is 19.0 Å². The molecule has 5 rings (SSSR count). The first-order chi connectivity index (χ1) is 24.1. The van der Waals surface area contributed by atoms with Crippen LogP contribution in [0, 0.1) is 9.39 Å². The molecule has 0 fully saturated rings. The first-order valence-corrected chi connectivity index (χ1v) is 17.4. The number of methoxy groups -OCH3 is 2. The first-order valence-electron chi connectivity index (χ1n) is 15.5. The van der Waals surface area contributed by atoms with Gasteiger partial charge < -0.3 is 28.4 Å². The van der Waals surface area contributed by atoms with Crippen LogP contribution in [0.2, 0.25) is 0 Å². The van der Waals surface area contributed by atoms with Crippen molar-refractivity contribution in [3.63, 3.8) is 0 Å². The average molecular weight is 817 g/mol. The Morgan fingerprint density at radius 1 is 0.980 bits per heavy atom. The highest BCUT2D eigenvalue weighted by Gasteiger charge is 2.34. The summed E-state index contributed by atoms with van der Waals surface area (Å²) in [6.45, 7) is 5.38. The van der Waals surface area contributed by atoms with E-state index < -0.39 is 23.5 Å². The Morgan fingerprint density at radius 2 is 1.74 bits per heavy atom. The second kappa shape index (κ2) is 16.3. The third kappa shape index (κ3) is 8.02. The van der Waals surface area contributed by atoms with Gasteiger partial charge in [0, 0.05) is 9.13 Å². The molecule has 0 spiro atoms. The molecule has 1 aliphatic rings. The van der Waals surface area contributed by atoms with E-state index >= 15 is 0 Å². The zero-order chi connectivity index (χ0) is 35.9. The quantitative estimate of drug-likeness (QED) is 0.134. The Balaban J connectivity index is 1.65. The summed E-state index contributed by atoms with van der Waals surface area (Å²) in [6, 6.07) is 13.7. The van der Waals surface area contributed by atoms with Crippen molar-refractivity contribution in [3.05, 3.63) is 112 Å². The number of thiazole rings is 1. The molecule has 2 heterocycles. The van der Waals surface area contributed by atoms with Gasteiger partial charge in [-0.1, -0.05) is 29.5 Å². The fourth-order valence-corrected chi connectivity index (χ4v) is 6.92. The van der Waals surface area contributed by atoms with Crippen molar-refractivity contribution in [2.45, 2.75) is 33.4 Å². The van der Waals surface area contributed by atoms with Crippen LogP contribution in [0.15, 0.2) is 75.7 Å². The molecule has 4 aromatic rings. The summed E-state index contributed by atoms with van der Waals surface area (Å²) in [5, 5.41) is 0. The summed E-state index contributed by atoms with van der Waals surface area (Å²) in [5.74, 6) is -0.0951. The monoisotopic (exact) mass is 816 g/mol. The Hall–Kier alpha value is -4.70. The van der Waals surface area contributed by atoms with Gasteiger partial charge in [-0.2, -0.15) is 0 Å². The van der Waals surface area contributed by atoms with Crippen molar-refractivity contribution in [2.75, 3.05) is 34.0 Å².